The molecule has 8 heteroatoms. The number of carbonyl (C=O) groups excluding carboxylic acids is 2. The van der Waals surface area contributed by atoms with Crippen molar-refractivity contribution in [1.29, 1.82) is 0 Å². The van der Waals surface area contributed by atoms with Crippen molar-refractivity contribution in [1.82, 2.24) is 9.80 Å². The molecule has 176 valence electrons. The average molecular weight is 444 g/mol. The van der Waals surface area contributed by atoms with Gasteiger partial charge in [0.25, 0.3) is 5.91 Å². The van der Waals surface area contributed by atoms with Crippen molar-refractivity contribution < 1.29 is 23.6 Å². The fourth-order valence-corrected chi connectivity index (χ4v) is 4.05. The van der Waals surface area contributed by atoms with Crippen molar-refractivity contribution in [3.63, 3.8) is 0 Å². The summed E-state index contributed by atoms with van der Waals surface area (Å²) in [4.78, 5) is 29.6. The third-order valence-corrected chi connectivity index (χ3v) is 6.58. The fraction of sp³-hybridized carbons (Fsp3) is 0.667. The van der Waals surface area contributed by atoms with E-state index in [1.807, 2.05) is 85.4 Å². The monoisotopic (exact) mass is 444 g/mol. The van der Waals surface area contributed by atoms with Gasteiger partial charge in [0.05, 0.1) is 11.2 Å². The zero-order chi connectivity index (χ0) is 24.1. The van der Waals surface area contributed by atoms with Gasteiger partial charge in [0.2, 0.25) is 0 Å². The molecule has 2 amide bonds. The SMILES string of the molecule is Cc1cccc(C(=O)N2CCN(C(=O)OC(C)(C)C)C[C@@H]2C)c1B1OC(C)(C)C(C)(C)O1. The van der Waals surface area contributed by atoms with E-state index in [2.05, 4.69) is 0 Å². The molecule has 3 rings (SSSR count). The average Bonchev–Trinajstić information content (AvgIpc) is 2.86. The third-order valence-electron chi connectivity index (χ3n) is 6.58. The van der Waals surface area contributed by atoms with Gasteiger partial charge in [-0.15, -0.1) is 0 Å². The van der Waals surface area contributed by atoms with Gasteiger partial charge in [-0.2, -0.15) is 0 Å². The van der Waals surface area contributed by atoms with Crippen LogP contribution in [0.2, 0.25) is 0 Å². The van der Waals surface area contributed by atoms with E-state index in [9.17, 15) is 9.59 Å². The summed E-state index contributed by atoms with van der Waals surface area (Å²) in [7, 11) is -0.612. The fourth-order valence-electron chi connectivity index (χ4n) is 4.05. The number of benzene rings is 1. The van der Waals surface area contributed by atoms with Crippen LogP contribution in [-0.4, -0.2) is 71.4 Å². The molecule has 2 heterocycles. The Hall–Kier alpha value is -2.06. The van der Waals surface area contributed by atoms with E-state index in [1.165, 1.54) is 0 Å². The summed E-state index contributed by atoms with van der Waals surface area (Å²) in [5.41, 5.74) is 0.777. The molecule has 0 saturated carbocycles. The van der Waals surface area contributed by atoms with Crippen LogP contribution in [0.3, 0.4) is 0 Å². The third kappa shape index (κ3) is 4.81. The Morgan fingerprint density at radius 3 is 2.22 bits per heavy atom. The second kappa shape index (κ2) is 8.38. The van der Waals surface area contributed by atoms with Gasteiger partial charge in [0.15, 0.2) is 0 Å². The summed E-state index contributed by atoms with van der Waals surface area (Å²) in [6.07, 6.45) is -0.343. The minimum Gasteiger partial charge on any atom is -0.444 e. The molecule has 32 heavy (non-hydrogen) atoms. The van der Waals surface area contributed by atoms with Gasteiger partial charge in [-0.25, -0.2) is 4.79 Å². The Kier molecular flexibility index (Phi) is 6.44. The molecule has 1 aromatic carbocycles. The lowest BCUT2D eigenvalue weighted by Crippen LogP contribution is -2.57. The van der Waals surface area contributed by atoms with Crippen LogP contribution in [0.1, 0.15) is 71.3 Å². The summed E-state index contributed by atoms with van der Waals surface area (Å²) >= 11 is 0. The summed E-state index contributed by atoms with van der Waals surface area (Å²) in [5, 5.41) is 0. The number of aryl methyl sites for hydroxylation is 1. The number of amides is 2. The van der Waals surface area contributed by atoms with E-state index in [4.69, 9.17) is 14.0 Å². The predicted octanol–water partition coefficient (Wildman–Crippen LogP) is 3.38. The molecule has 2 fully saturated rings. The predicted molar refractivity (Wildman–Crippen MR) is 125 cm³/mol. The van der Waals surface area contributed by atoms with Crippen molar-refractivity contribution in [2.75, 3.05) is 19.6 Å². The molecule has 2 aliphatic rings. The Morgan fingerprint density at radius 1 is 1.09 bits per heavy atom. The lowest BCUT2D eigenvalue weighted by Gasteiger charge is -2.40. The first-order valence-electron chi connectivity index (χ1n) is 11.4. The van der Waals surface area contributed by atoms with Gasteiger partial charge in [-0.1, -0.05) is 17.7 Å². The number of hydrogen-bond donors (Lipinski definition) is 0. The minimum atomic E-state index is -0.612. The van der Waals surface area contributed by atoms with Crippen molar-refractivity contribution in [2.24, 2.45) is 0 Å². The molecule has 1 atom stereocenters. The van der Waals surface area contributed by atoms with Crippen LogP contribution in [0, 0.1) is 6.92 Å². The largest absolute Gasteiger partial charge is 0.495 e. The zero-order valence-corrected chi connectivity index (χ0v) is 20.9. The smallest absolute Gasteiger partial charge is 0.444 e. The van der Waals surface area contributed by atoms with E-state index < -0.39 is 23.9 Å². The van der Waals surface area contributed by atoms with E-state index in [1.54, 1.807) is 4.90 Å². The standard InChI is InChI=1S/C24H37BN2O5/c1-16-11-10-12-18(19(16)25-31-23(6,7)24(8,9)32-25)20(28)27-14-13-26(15-17(27)2)21(29)30-22(3,4)5/h10-12,17H,13-15H2,1-9H3/t17-/m0/s1. The molecule has 0 spiro atoms. The van der Waals surface area contributed by atoms with Crippen LogP contribution in [0.5, 0.6) is 0 Å². The van der Waals surface area contributed by atoms with Gasteiger partial charge in [-0.05, 0) is 73.8 Å². The Morgan fingerprint density at radius 2 is 1.69 bits per heavy atom. The summed E-state index contributed by atoms with van der Waals surface area (Å²) in [6, 6.07) is 5.55. The molecular weight excluding hydrogens is 407 g/mol. The first kappa shape index (κ1) is 24.6. The second-order valence-corrected chi connectivity index (χ2v) is 10.9. The molecule has 7 nitrogen and oxygen atoms in total. The van der Waals surface area contributed by atoms with E-state index in [-0.39, 0.29) is 18.0 Å². The molecule has 2 saturated heterocycles. The normalized spacial score (nSPS) is 22.8. The van der Waals surface area contributed by atoms with Crippen LogP contribution in [0.4, 0.5) is 4.79 Å². The van der Waals surface area contributed by atoms with Gasteiger partial charge < -0.3 is 23.8 Å². The second-order valence-electron chi connectivity index (χ2n) is 10.9. The highest BCUT2D eigenvalue weighted by atomic mass is 16.7. The Balaban J connectivity index is 1.81. The number of piperazine rings is 1. The summed E-state index contributed by atoms with van der Waals surface area (Å²) in [5.74, 6) is -0.0743. The van der Waals surface area contributed by atoms with Crippen LogP contribution < -0.4 is 5.46 Å². The van der Waals surface area contributed by atoms with Crippen molar-refractivity contribution in [2.45, 2.75) is 85.2 Å². The van der Waals surface area contributed by atoms with Gasteiger partial charge in [-0.3, -0.25) is 4.79 Å². The van der Waals surface area contributed by atoms with Gasteiger partial charge in [0.1, 0.15) is 5.60 Å². The van der Waals surface area contributed by atoms with Crippen molar-refractivity contribution in [3.8, 4) is 0 Å². The van der Waals surface area contributed by atoms with E-state index in [0.717, 1.165) is 11.0 Å². The Bertz CT molecular complexity index is 877. The molecule has 2 aliphatic heterocycles. The number of nitrogens with zero attached hydrogens (tertiary/aromatic N) is 2. The minimum absolute atomic E-state index is 0.0743. The highest BCUT2D eigenvalue weighted by Gasteiger charge is 2.53. The molecule has 1 aromatic rings. The lowest BCUT2D eigenvalue weighted by molar-refractivity contribution is 0.00578. The number of rotatable bonds is 2. The molecule has 0 bridgehead atoms. The van der Waals surface area contributed by atoms with E-state index in [0.29, 0.717) is 25.2 Å². The van der Waals surface area contributed by atoms with E-state index >= 15 is 0 Å². The first-order chi connectivity index (χ1) is 14.6. The van der Waals surface area contributed by atoms with Crippen molar-refractivity contribution >= 4 is 24.6 Å². The molecular formula is C24H37BN2O5. The molecule has 0 unspecified atom stereocenters. The quantitative estimate of drug-likeness (QED) is 0.655. The maximum Gasteiger partial charge on any atom is 0.495 e. The van der Waals surface area contributed by atoms with Gasteiger partial charge >= 0.3 is 13.2 Å². The van der Waals surface area contributed by atoms with Crippen LogP contribution in [0.25, 0.3) is 0 Å². The molecule has 0 N–H and O–H groups in total. The number of hydrogen-bond acceptors (Lipinski definition) is 5. The first-order valence-corrected chi connectivity index (χ1v) is 11.4. The van der Waals surface area contributed by atoms with Crippen molar-refractivity contribution in [3.05, 3.63) is 29.3 Å². The summed E-state index contributed by atoms with van der Waals surface area (Å²) < 4.78 is 18.0. The van der Waals surface area contributed by atoms with Crippen LogP contribution in [-0.2, 0) is 14.0 Å². The molecule has 0 aromatic heterocycles. The van der Waals surface area contributed by atoms with Crippen LogP contribution >= 0.6 is 0 Å². The lowest BCUT2D eigenvalue weighted by atomic mass is 9.73. The number of ether oxygens (including phenoxy) is 1. The van der Waals surface area contributed by atoms with Crippen LogP contribution in [0.15, 0.2) is 18.2 Å². The highest BCUT2D eigenvalue weighted by Crippen LogP contribution is 2.37. The van der Waals surface area contributed by atoms with Gasteiger partial charge in [0, 0.05) is 31.2 Å². The topological polar surface area (TPSA) is 68.3 Å². The molecule has 0 radical (unpaired) electrons. The summed E-state index contributed by atoms with van der Waals surface area (Å²) in [6.45, 7) is 18.8. The maximum absolute atomic E-state index is 13.6. The number of carbonyl (C=O) groups is 2. The molecule has 0 aliphatic carbocycles. The maximum atomic E-state index is 13.6. The zero-order valence-electron chi connectivity index (χ0n) is 20.9. The highest BCUT2D eigenvalue weighted by molar-refractivity contribution is 6.64. The Labute approximate surface area is 192 Å².